The van der Waals surface area contributed by atoms with Gasteiger partial charge in [0.05, 0.1) is 12.6 Å². The van der Waals surface area contributed by atoms with E-state index in [1.165, 1.54) is 11.9 Å². The van der Waals surface area contributed by atoms with Gasteiger partial charge in [-0.2, -0.15) is 0 Å². The van der Waals surface area contributed by atoms with Crippen LogP contribution in [0.5, 0.6) is 5.75 Å². The van der Waals surface area contributed by atoms with E-state index in [0.717, 1.165) is 24.0 Å². The second kappa shape index (κ2) is 13.4. The number of ether oxygens (including phenoxy) is 1. The molecule has 9 nitrogen and oxygen atoms in total. The highest BCUT2D eigenvalue weighted by molar-refractivity contribution is 5.93. The van der Waals surface area contributed by atoms with Crippen LogP contribution in [0.15, 0.2) is 60.7 Å². The van der Waals surface area contributed by atoms with Gasteiger partial charge in [-0.3, -0.25) is 14.4 Å². The van der Waals surface area contributed by atoms with E-state index >= 15 is 0 Å². The Labute approximate surface area is 229 Å². The average molecular weight is 535 g/mol. The molecule has 9 heteroatoms. The Balaban J connectivity index is 1.63. The molecule has 1 aliphatic carbocycles. The van der Waals surface area contributed by atoms with Gasteiger partial charge in [0.15, 0.2) is 0 Å². The lowest BCUT2D eigenvalue weighted by molar-refractivity contribution is -0.143. The summed E-state index contributed by atoms with van der Waals surface area (Å²) in [5, 5.41) is 19.2. The summed E-state index contributed by atoms with van der Waals surface area (Å²) < 4.78 is 5.99. The van der Waals surface area contributed by atoms with Gasteiger partial charge in [0.2, 0.25) is 17.7 Å². The van der Waals surface area contributed by atoms with Crippen molar-refractivity contribution in [2.75, 3.05) is 33.4 Å². The maximum atomic E-state index is 13.5. The molecule has 0 bridgehead atoms. The van der Waals surface area contributed by atoms with Crippen molar-refractivity contribution in [3.8, 4) is 5.75 Å². The number of nitrogens with zero attached hydrogens (tertiary/aromatic N) is 1. The highest BCUT2D eigenvalue weighted by atomic mass is 16.5. The monoisotopic (exact) mass is 534 g/mol. The van der Waals surface area contributed by atoms with Crippen molar-refractivity contribution >= 4 is 23.8 Å². The van der Waals surface area contributed by atoms with Crippen LogP contribution in [0.3, 0.4) is 0 Å². The molecule has 1 fully saturated rings. The fourth-order valence-electron chi connectivity index (χ4n) is 4.84. The molecule has 2 aromatic rings. The Hall–Kier alpha value is -3.69. The van der Waals surface area contributed by atoms with Gasteiger partial charge in [-0.1, -0.05) is 67.6 Å². The van der Waals surface area contributed by atoms with E-state index in [2.05, 4.69) is 16.0 Å². The number of rotatable bonds is 4. The van der Waals surface area contributed by atoms with Crippen LogP contribution in [0.1, 0.15) is 36.8 Å². The van der Waals surface area contributed by atoms with E-state index in [1.54, 1.807) is 0 Å². The number of fused-ring (bicyclic) bond motifs is 1. The predicted octanol–water partition coefficient (Wildman–Crippen LogP) is 1.68. The van der Waals surface area contributed by atoms with Crippen molar-refractivity contribution in [2.45, 2.75) is 43.8 Å². The first-order valence-electron chi connectivity index (χ1n) is 13.5. The van der Waals surface area contributed by atoms with Crippen molar-refractivity contribution in [3.63, 3.8) is 0 Å². The number of likely N-dealkylation sites (N-methyl/N-ethyl adjacent to an activating group) is 1. The molecule has 3 amide bonds. The van der Waals surface area contributed by atoms with Gasteiger partial charge < -0.3 is 30.7 Å². The highest BCUT2D eigenvalue weighted by Gasteiger charge is 2.40. The van der Waals surface area contributed by atoms with Crippen molar-refractivity contribution in [1.82, 2.24) is 20.9 Å². The van der Waals surface area contributed by atoms with Gasteiger partial charge in [-0.15, -0.1) is 0 Å². The number of aliphatic hydroxyl groups excluding tert-OH is 1. The number of hydrogen-bond donors (Lipinski definition) is 4. The molecule has 4 rings (SSSR count). The lowest BCUT2D eigenvalue weighted by atomic mass is 9.92. The SMILES string of the molecule is CC(c1ccccc1)[C@H]1NC(=O)[C@H](CO)N(C)C(=O)[C@H](C2CC2)NCCOc2ccccc2/C=C/CNC1=O. The molecule has 4 atom stereocenters. The zero-order valence-corrected chi connectivity index (χ0v) is 22.5. The van der Waals surface area contributed by atoms with Crippen LogP contribution < -0.4 is 20.7 Å². The topological polar surface area (TPSA) is 120 Å². The summed E-state index contributed by atoms with van der Waals surface area (Å²) in [7, 11) is 1.52. The lowest BCUT2D eigenvalue weighted by Crippen LogP contribution is -2.59. The fourth-order valence-corrected chi connectivity index (χ4v) is 4.84. The third-order valence-electron chi connectivity index (χ3n) is 7.39. The lowest BCUT2D eigenvalue weighted by Gasteiger charge is -2.32. The van der Waals surface area contributed by atoms with Gasteiger partial charge in [0.1, 0.15) is 24.4 Å². The standard InChI is InChI=1S/C30H38N4O5/c1-20(21-9-4-3-5-10-21)26-29(37)32-16-8-12-22-11-6-7-13-25(22)39-18-17-31-27(23-14-15-23)30(38)34(2)24(19-35)28(36)33-26/h3-13,20,23-24,26-27,31,35H,14-19H2,1-2H3,(H,32,37)(H,33,36)/b12-8+/t20?,24-,26+,27-/m0/s1. The van der Waals surface area contributed by atoms with E-state index in [9.17, 15) is 19.5 Å². The quantitative estimate of drug-likeness (QED) is 0.474. The summed E-state index contributed by atoms with van der Waals surface area (Å²) in [5.41, 5.74) is 1.75. The smallest absolute Gasteiger partial charge is 0.245 e. The highest BCUT2D eigenvalue weighted by Crippen LogP contribution is 2.33. The molecule has 208 valence electrons. The third-order valence-corrected chi connectivity index (χ3v) is 7.39. The van der Waals surface area contributed by atoms with Crippen molar-refractivity contribution in [3.05, 3.63) is 71.8 Å². The first-order valence-corrected chi connectivity index (χ1v) is 13.5. The minimum absolute atomic E-state index is 0.166. The molecule has 0 spiro atoms. The Bertz CT molecular complexity index is 1170. The maximum Gasteiger partial charge on any atom is 0.245 e. The van der Waals surface area contributed by atoms with Crippen LogP contribution in [0.4, 0.5) is 0 Å². The Morgan fingerprint density at radius 2 is 1.74 bits per heavy atom. The second-order valence-electron chi connectivity index (χ2n) is 10.1. The largest absolute Gasteiger partial charge is 0.492 e. The minimum Gasteiger partial charge on any atom is -0.492 e. The van der Waals surface area contributed by atoms with Gasteiger partial charge in [-0.05, 0) is 30.4 Å². The molecule has 2 aromatic carbocycles. The number of nitrogens with one attached hydrogen (secondary N) is 3. The Morgan fingerprint density at radius 1 is 1.03 bits per heavy atom. The molecule has 1 saturated carbocycles. The van der Waals surface area contributed by atoms with Gasteiger partial charge in [0.25, 0.3) is 0 Å². The number of para-hydroxylation sites is 1. The van der Waals surface area contributed by atoms with Crippen LogP contribution >= 0.6 is 0 Å². The van der Waals surface area contributed by atoms with Crippen molar-refractivity contribution < 1.29 is 24.2 Å². The average Bonchev–Trinajstić information content (AvgIpc) is 3.79. The number of carbonyl (C=O) groups excluding carboxylic acids is 3. The van der Waals surface area contributed by atoms with Crippen LogP contribution in [-0.4, -0.2) is 79.2 Å². The van der Waals surface area contributed by atoms with Crippen LogP contribution in [0.25, 0.3) is 6.08 Å². The molecule has 1 aliphatic heterocycles. The summed E-state index contributed by atoms with van der Waals surface area (Å²) in [5.74, 6) is -0.705. The summed E-state index contributed by atoms with van der Waals surface area (Å²) in [6.45, 7) is 2.34. The van der Waals surface area contributed by atoms with Crippen LogP contribution in [0.2, 0.25) is 0 Å². The number of aliphatic hydroxyl groups is 1. The molecule has 0 radical (unpaired) electrons. The molecule has 0 saturated heterocycles. The number of amides is 3. The first kappa shape index (κ1) is 28.3. The predicted molar refractivity (Wildman–Crippen MR) is 149 cm³/mol. The summed E-state index contributed by atoms with van der Waals surface area (Å²) in [4.78, 5) is 41.5. The van der Waals surface area contributed by atoms with Crippen molar-refractivity contribution in [2.24, 2.45) is 5.92 Å². The zero-order chi connectivity index (χ0) is 27.8. The molecule has 39 heavy (non-hydrogen) atoms. The molecule has 4 N–H and O–H groups in total. The summed E-state index contributed by atoms with van der Waals surface area (Å²) >= 11 is 0. The number of hydrogen-bond acceptors (Lipinski definition) is 6. The second-order valence-corrected chi connectivity index (χ2v) is 10.1. The van der Waals surface area contributed by atoms with E-state index < -0.39 is 30.6 Å². The normalized spacial score (nSPS) is 25.3. The van der Waals surface area contributed by atoms with Gasteiger partial charge in [-0.25, -0.2) is 0 Å². The molecule has 2 aliphatic rings. The molecule has 1 heterocycles. The van der Waals surface area contributed by atoms with E-state index in [1.807, 2.05) is 73.7 Å². The zero-order valence-electron chi connectivity index (χ0n) is 22.5. The van der Waals surface area contributed by atoms with Crippen LogP contribution in [0, 0.1) is 5.92 Å². The summed E-state index contributed by atoms with van der Waals surface area (Å²) in [6, 6.07) is 14.5. The molecule has 1 unspecified atom stereocenters. The summed E-state index contributed by atoms with van der Waals surface area (Å²) in [6.07, 6.45) is 5.55. The van der Waals surface area contributed by atoms with E-state index in [0.29, 0.717) is 18.9 Å². The number of benzene rings is 2. The maximum absolute atomic E-state index is 13.5. The Kier molecular flexibility index (Phi) is 9.73. The molecular weight excluding hydrogens is 496 g/mol. The fraction of sp³-hybridized carbons (Fsp3) is 0.433. The number of carbonyl (C=O) groups is 3. The Morgan fingerprint density at radius 3 is 2.46 bits per heavy atom. The third kappa shape index (κ3) is 7.25. The van der Waals surface area contributed by atoms with Gasteiger partial charge in [0, 0.05) is 31.6 Å². The van der Waals surface area contributed by atoms with E-state index in [4.69, 9.17) is 4.74 Å². The molecule has 0 aromatic heterocycles. The van der Waals surface area contributed by atoms with Crippen LogP contribution in [-0.2, 0) is 14.4 Å². The van der Waals surface area contributed by atoms with E-state index in [-0.39, 0.29) is 30.2 Å². The first-order chi connectivity index (χ1) is 18.9. The molecular formula is C30H38N4O5. The minimum atomic E-state index is -1.14. The van der Waals surface area contributed by atoms with Gasteiger partial charge >= 0.3 is 0 Å². The van der Waals surface area contributed by atoms with Crippen molar-refractivity contribution in [1.29, 1.82) is 0 Å².